The standard InChI is InChI=1S/C10H17N3OS/c1-6-7(8(14)11-5)15-9(12-6)13-10(2,3)4/h1-5H3,(H,11,14)(H,12,13). The van der Waals surface area contributed by atoms with E-state index < -0.39 is 0 Å². The van der Waals surface area contributed by atoms with Gasteiger partial charge >= 0.3 is 0 Å². The van der Waals surface area contributed by atoms with Crippen molar-refractivity contribution in [1.82, 2.24) is 10.3 Å². The van der Waals surface area contributed by atoms with Crippen LogP contribution in [0.5, 0.6) is 0 Å². The normalized spacial score (nSPS) is 11.3. The molecular formula is C10H17N3OS. The van der Waals surface area contributed by atoms with Gasteiger partial charge in [0, 0.05) is 12.6 Å². The molecule has 1 rings (SSSR count). The summed E-state index contributed by atoms with van der Waals surface area (Å²) in [6.45, 7) is 8.02. The third kappa shape index (κ3) is 3.20. The van der Waals surface area contributed by atoms with E-state index in [9.17, 15) is 4.79 Å². The molecule has 0 aromatic carbocycles. The molecule has 0 unspecified atom stereocenters. The lowest BCUT2D eigenvalue weighted by molar-refractivity contribution is 0.0966. The van der Waals surface area contributed by atoms with Crippen LogP contribution in [0, 0.1) is 6.92 Å². The largest absolute Gasteiger partial charge is 0.357 e. The highest BCUT2D eigenvalue weighted by Gasteiger charge is 2.17. The molecule has 84 valence electrons. The number of amides is 1. The van der Waals surface area contributed by atoms with Gasteiger partial charge < -0.3 is 10.6 Å². The van der Waals surface area contributed by atoms with E-state index >= 15 is 0 Å². The molecule has 0 spiro atoms. The summed E-state index contributed by atoms with van der Waals surface area (Å²) in [4.78, 5) is 16.4. The summed E-state index contributed by atoms with van der Waals surface area (Å²) in [5, 5.41) is 6.64. The zero-order valence-electron chi connectivity index (χ0n) is 9.76. The van der Waals surface area contributed by atoms with Crippen molar-refractivity contribution in [3.8, 4) is 0 Å². The number of carbonyl (C=O) groups is 1. The van der Waals surface area contributed by atoms with Gasteiger partial charge in [-0.1, -0.05) is 11.3 Å². The third-order valence-corrected chi connectivity index (χ3v) is 2.78. The molecule has 5 heteroatoms. The maximum Gasteiger partial charge on any atom is 0.263 e. The van der Waals surface area contributed by atoms with Crippen molar-refractivity contribution in [2.75, 3.05) is 12.4 Å². The van der Waals surface area contributed by atoms with Crippen LogP contribution in [0.1, 0.15) is 36.1 Å². The highest BCUT2D eigenvalue weighted by atomic mass is 32.1. The van der Waals surface area contributed by atoms with E-state index in [1.807, 2.05) is 6.92 Å². The average Bonchev–Trinajstić information content (AvgIpc) is 2.42. The van der Waals surface area contributed by atoms with Crippen LogP contribution in [0.4, 0.5) is 5.13 Å². The molecule has 0 bridgehead atoms. The first-order valence-electron chi connectivity index (χ1n) is 4.81. The summed E-state index contributed by atoms with van der Waals surface area (Å²) in [5.74, 6) is -0.0769. The fraction of sp³-hybridized carbons (Fsp3) is 0.600. The second-order valence-electron chi connectivity index (χ2n) is 4.39. The maximum absolute atomic E-state index is 11.4. The number of anilines is 1. The van der Waals surface area contributed by atoms with Gasteiger partial charge in [0.25, 0.3) is 5.91 Å². The zero-order chi connectivity index (χ0) is 11.6. The topological polar surface area (TPSA) is 54.0 Å². The number of nitrogens with one attached hydrogen (secondary N) is 2. The quantitative estimate of drug-likeness (QED) is 0.812. The Bertz CT molecular complexity index is 365. The van der Waals surface area contributed by atoms with Crippen LogP contribution >= 0.6 is 11.3 Å². The van der Waals surface area contributed by atoms with Crippen molar-refractivity contribution in [2.45, 2.75) is 33.2 Å². The van der Waals surface area contributed by atoms with E-state index in [-0.39, 0.29) is 11.4 Å². The number of thiazole rings is 1. The molecule has 0 aliphatic carbocycles. The predicted molar refractivity (Wildman–Crippen MR) is 63.6 cm³/mol. The Morgan fingerprint density at radius 3 is 2.47 bits per heavy atom. The summed E-state index contributed by atoms with van der Waals surface area (Å²) in [6, 6.07) is 0. The molecule has 0 aliphatic heterocycles. The molecule has 0 saturated carbocycles. The number of aryl methyl sites for hydroxylation is 1. The summed E-state index contributed by atoms with van der Waals surface area (Å²) in [6.07, 6.45) is 0. The Balaban J connectivity index is 2.91. The van der Waals surface area contributed by atoms with Crippen LogP contribution in [0.3, 0.4) is 0 Å². The van der Waals surface area contributed by atoms with E-state index in [0.29, 0.717) is 4.88 Å². The monoisotopic (exact) mass is 227 g/mol. The molecule has 2 N–H and O–H groups in total. The molecule has 4 nitrogen and oxygen atoms in total. The summed E-state index contributed by atoms with van der Waals surface area (Å²) >= 11 is 1.38. The molecule has 1 heterocycles. The molecule has 15 heavy (non-hydrogen) atoms. The lowest BCUT2D eigenvalue weighted by atomic mass is 10.1. The van der Waals surface area contributed by atoms with Gasteiger partial charge in [-0.3, -0.25) is 4.79 Å². The summed E-state index contributed by atoms with van der Waals surface area (Å²) < 4.78 is 0. The molecular weight excluding hydrogens is 210 g/mol. The van der Waals surface area contributed by atoms with E-state index in [1.54, 1.807) is 7.05 Å². The molecule has 0 radical (unpaired) electrons. The lowest BCUT2D eigenvalue weighted by Gasteiger charge is -2.19. The smallest absolute Gasteiger partial charge is 0.263 e. The first-order chi connectivity index (χ1) is 6.83. The predicted octanol–water partition coefficient (Wildman–Crippen LogP) is 2.02. The molecule has 0 fully saturated rings. The van der Waals surface area contributed by atoms with Gasteiger partial charge in [0.05, 0.1) is 5.69 Å². The van der Waals surface area contributed by atoms with Gasteiger partial charge in [-0.2, -0.15) is 0 Å². The number of hydrogen-bond donors (Lipinski definition) is 2. The van der Waals surface area contributed by atoms with Crippen molar-refractivity contribution >= 4 is 22.4 Å². The van der Waals surface area contributed by atoms with Gasteiger partial charge in [-0.25, -0.2) is 4.98 Å². The molecule has 0 atom stereocenters. The van der Waals surface area contributed by atoms with E-state index in [0.717, 1.165) is 10.8 Å². The van der Waals surface area contributed by atoms with Gasteiger partial charge in [0.2, 0.25) is 0 Å². The molecule has 0 saturated heterocycles. The van der Waals surface area contributed by atoms with Crippen LogP contribution < -0.4 is 10.6 Å². The highest BCUT2D eigenvalue weighted by molar-refractivity contribution is 7.17. The highest BCUT2D eigenvalue weighted by Crippen LogP contribution is 2.24. The first-order valence-corrected chi connectivity index (χ1v) is 5.63. The molecule has 1 aromatic rings. The van der Waals surface area contributed by atoms with Crippen molar-refractivity contribution in [1.29, 1.82) is 0 Å². The number of carbonyl (C=O) groups excluding carboxylic acids is 1. The van der Waals surface area contributed by atoms with E-state index in [4.69, 9.17) is 0 Å². The summed E-state index contributed by atoms with van der Waals surface area (Å²) in [5.41, 5.74) is 0.732. The second kappa shape index (κ2) is 4.18. The van der Waals surface area contributed by atoms with Crippen LogP contribution in [0.2, 0.25) is 0 Å². The van der Waals surface area contributed by atoms with Gasteiger partial charge in [-0.05, 0) is 27.7 Å². The van der Waals surface area contributed by atoms with E-state index in [2.05, 4.69) is 36.4 Å². The van der Waals surface area contributed by atoms with Crippen LogP contribution in [-0.2, 0) is 0 Å². The molecule has 0 aliphatic rings. The van der Waals surface area contributed by atoms with Crippen LogP contribution in [0.15, 0.2) is 0 Å². The zero-order valence-corrected chi connectivity index (χ0v) is 10.6. The minimum absolute atomic E-state index is 0.0374. The third-order valence-electron chi connectivity index (χ3n) is 1.71. The number of rotatable bonds is 2. The Labute approximate surface area is 94.1 Å². The second-order valence-corrected chi connectivity index (χ2v) is 5.39. The maximum atomic E-state index is 11.4. The molecule has 1 aromatic heterocycles. The van der Waals surface area contributed by atoms with Crippen molar-refractivity contribution in [2.24, 2.45) is 0 Å². The SMILES string of the molecule is CNC(=O)c1sc(NC(C)(C)C)nc1C. The number of nitrogens with zero attached hydrogens (tertiary/aromatic N) is 1. The number of aromatic nitrogens is 1. The lowest BCUT2D eigenvalue weighted by Crippen LogP contribution is -2.25. The first kappa shape index (κ1) is 12.0. The Morgan fingerprint density at radius 1 is 1.40 bits per heavy atom. The van der Waals surface area contributed by atoms with Crippen molar-refractivity contribution in [3.63, 3.8) is 0 Å². The van der Waals surface area contributed by atoms with Gasteiger partial charge in [0.1, 0.15) is 4.88 Å². The Morgan fingerprint density at radius 2 is 2.00 bits per heavy atom. The van der Waals surface area contributed by atoms with Gasteiger partial charge in [0.15, 0.2) is 5.13 Å². The fourth-order valence-corrected chi connectivity index (χ4v) is 2.22. The fourth-order valence-electron chi connectivity index (χ4n) is 1.09. The minimum atomic E-state index is -0.0769. The van der Waals surface area contributed by atoms with Crippen LogP contribution in [-0.4, -0.2) is 23.5 Å². The molecule has 1 amide bonds. The Hall–Kier alpha value is -1.10. The summed E-state index contributed by atoms with van der Waals surface area (Å²) in [7, 11) is 1.62. The Kier molecular flexibility index (Phi) is 3.34. The average molecular weight is 227 g/mol. The van der Waals surface area contributed by atoms with E-state index in [1.165, 1.54) is 11.3 Å². The van der Waals surface area contributed by atoms with Gasteiger partial charge in [-0.15, -0.1) is 0 Å². The van der Waals surface area contributed by atoms with Crippen molar-refractivity contribution in [3.05, 3.63) is 10.6 Å². The minimum Gasteiger partial charge on any atom is -0.357 e. The van der Waals surface area contributed by atoms with Crippen molar-refractivity contribution < 1.29 is 4.79 Å². The number of hydrogen-bond acceptors (Lipinski definition) is 4. The van der Waals surface area contributed by atoms with Crippen LogP contribution in [0.25, 0.3) is 0 Å².